The Morgan fingerprint density at radius 2 is 1.18 bits per heavy atom. The summed E-state index contributed by atoms with van der Waals surface area (Å²) in [4.78, 5) is 13.4. The second-order valence-electron chi connectivity index (χ2n) is 5.01. The van der Waals surface area contributed by atoms with Crippen LogP contribution in [-0.2, 0) is 23.7 Å². The number of amides is 1. The SMILES string of the molecule is CCCOCCOCCOCCOCCC(=O)N(C)CCC. The van der Waals surface area contributed by atoms with E-state index in [0.29, 0.717) is 52.7 Å². The number of carbonyl (C=O) groups excluding carboxylic acids is 1. The Labute approximate surface area is 135 Å². The minimum absolute atomic E-state index is 0.126. The van der Waals surface area contributed by atoms with Crippen LogP contribution in [0.1, 0.15) is 33.1 Å². The number of carbonyl (C=O) groups is 1. The number of rotatable bonds is 16. The molecule has 0 rings (SSSR count). The van der Waals surface area contributed by atoms with Gasteiger partial charge in [0.05, 0.1) is 52.7 Å². The van der Waals surface area contributed by atoms with Gasteiger partial charge < -0.3 is 23.8 Å². The summed E-state index contributed by atoms with van der Waals surface area (Å²) in [6.45, 7) is 9.55. The van der Waals surface area contributed by atoms with E-state index >= 15 is 0 Å². The molecule has 0 radical (unpaired) electrons. The van der Waals surface area contributed by atoms with Gasteiger partial charge in [-0.05, 0) is 12.8 Å². The van der Waals surface area contributed by atoms with Gasteiger partial charge in [0.25, 0.3) is 0 Å². The minimum Gasteiger partial charge on any atom is -0.379 e. The van der Waals surface area contributed by atoms with Crippen LogP contribution in [0.15, 0.2) is 0 Å². The molecule has 0 aliphatic heterocycles. The summed E-state index contributed by atoms with van der Waals surface area (Å²) >= 11 is 0. The van der Waals surface area contributed by atoms with Gasteiger partial charge >= 0.3 is 0 Å². The fraction of sp³-hybridized carbons (Fsp3) is 0.938. The average molecular weight is 319 g/mol. The maximum atomic E-state index is 11.6. The predicted molar refractivity (Wildman–Crippen MR) is 86.1 cm³/mol. The summed E-state index contributed by atoms with van der Waals surface area (Å²) in [7, 11) is 1.82. The second-order valence-corrected chi connectivity index (χ2v) is 5.01. The molecule has 0 aromatic carbocycles. The molecule has 0 saturated carbocycles. The van der Waals surface area contributed by atoms with Crippen molar-refractivity contribution >= 4 is 5.91 Å². The Balaban J connectivity index is 3.16. The highest BCUT2D eigenvalue weighted by Gasteiger charge is 2.06. The number of nitrogens with zero attached hydrogens (tertiary/aromatic N) is 1. The van der Waals surface area contributed by atoms with Crippen LogP contribution in [0.25, 0.3) is 0 Å². The first-order valence-corrected chi connectivity index (χ1v) is 8.27. The molecule has 0 unspecified atom stereocenters. The molecule has 0 aromatic heterocycles. The highest BCUT2D eigenvalue weighted by molar-refractivity contribution is 5.75. The quantitative estimate of drug-likeness (QED) is 0.406. The monoisotopic (exact) mass is 319 g/mol. The molecule has 1 amide bonds. The molecular weight excluding hydrogens is 286 g/mol. The molecule has 0 saturated heterocycles. The van der Waals surface area contributed by atoms with Crippen LogP contribution in [0, 0.1) is 0 Å². The first kappa shape index (κ1) is 21.3. The Hall–Kier alpha value is -0.690. The highest BCUT2D eigenvalue weighted by Crippen LogP contribution is 1.93. The molecule has 6 heteroatoms. The van der Waals surface area contributed by atoms with Gasteiger partial charge in [-0.25, -0.2) is 0 Å². The van der Waals surface area contributed by atoms with E-state index in [2.05, 4.69) is 13.8 Å². The summed E-state index contributed by atoms with van der Waals surface area (Å²) in [5, 5.41) is 0. The van der Waals surface area contributed by atoms with Gasteiger partial charge in [-0.2, -0.15) is 0 Å². The van der Waals surface area contributed by atoms with Crippen molar-refractivity contribution in [1.29, 1.82) is 0 Å². The third kappa shape index (κ3) is 14.3. The standard InChI is InChI=1S/C16H33NO5/c1-4-7-17(3)16(18)6-9-20-11-13-22-15-14-21-12-10-19-8-5-2/h4-15H2,1-3H3. The second kappa shape index (κ2) is 16.7. The van der Waals surface area contributed by atoms with E-state index in [9.17, 15) is 4.79 Å². The number of hydrogen-bond donors (Lipinski definition) is 0. The zero-order valence-corrected chi connectivity index (χ0v) is 14.5. The molecule has 0 bridgehead atoms. The van der Waals surface area contributed by atoms with Gasteiger partial charge in [0.2, 0.25) is 5.91 Å². The lowest BCUT2D eigenvalue weighted by atomic mass is 10.3. The predicted octanol–water partition coefficient (Wildman–Crippen LogP) is 1.72. The van der Waals surface area contributed by atoms with E-state index in [4.69, 9.17) is 18.9 Å². The van der Waals surface area contributed by atoms with Gasteiger partial charge in [0.1, 0.15) is 0 Å². The topological polar surface area (TPSA) is 57.2 Å². The van der Waals surface area contributed by atoms with Crippen molar-refractivity contribution in [3.8, 4) is 0 Å². The van der Waals surface area contributed by atoms with Crippen molar-refractivity contribution < 1.29 is 23.7 Å². The van der Waals surface area contributed by atoms with Crippen LogP contribution >= 0.6 is 0 Å². The zero-order chi connectivity index (χ0) is 16.5. The zero-order valence-electron chi connectivity index (χ0n) is 14.5. The van der Waals surface area contributed by atoms with Crippen LogP contribution < -0.4 is 0 Å². The average Bonchev–Trinajstić information content (AvgIpc) is 2.51. The molecule has 6 nitrogen and oxygen atoms in total. The molecule has 0 spiro atoms. The molecule has 22 heavy (non-hydrogen) atoms. The van der Waals surface area contributed by atoms with Crippen LogP contribution in [0.4, 0.5) is 0 Å². The number of ether oxygens (including phenoxy) is 4. The first-order chi connectivity index (χ1) is 10.7. The normalized spacial score (nSPS) is 10.9. The van der Waals surface area contributed by atoms with Crippen molar-refractivity contribution in [3.63, 3.8) is 0 Å². The first-order valence-electron chi connectivity index (χ1n) is 8.27. The van der Waals surface area contributed by atoms with E-state index in [1.165, 1.54) is 0 Å². The Kier molecular flexibility index (Phi) is 16.2. The summed E-state index contributed by atoms with van der Waals surface area (Å²) in [5.41, 5.74) is 0. The third-order valence-electron chi connectivity index (χ3n) is 2.91. The smallest absolute Gasteiger partial charge is 0.224 e. The van der Waals surface area contributed by atoms with Gasteiger partial charge in [-0.3, -0.25) is 4.79 Å². The van der Waals surface area contributed by atoms with Crippen molar-refractivity contribution in [2.75, 3.05) is 66.4 Å². The fourth-order valence-corrected chi connectivity index (χ4v) is 1.72. The Morgan fingerprint density at radius 1 is 0.727 bits per heavy atom. The molecule has 0 fully saturated rings. The van der Waals surface area contributed by atoms with E-state index < -0.39 is 0 Å². The van der Waals surface area contributed by atoms with Crippen molar-refractivity contribution in [2.45, 2.75) is 33.1 Å². The maximum absolute atomic E-state index is 11.6. The number of hydrogen-bond acceptors (Lipinski definition) is 5. The Bertz CT molecular complexity index is 251. The molecule has 0 atom stereocenters. The molecule has 0 aliphatic carbocycles. The van der Waals surface area contributed by atoms with Gasteiger partial charge in [-0.15, -0.1) is 0 Å². The molecule has 0 N–H and O–H groups in total. The van der Waals surface area contributed by atoms with Crippen molar-refractivity contribution in [2.24, 2.45) is 0 Å². The van der Waals surface area contributed by atoms with E-state index in [1.54, 1.807) is 4.90 Å². The van der Waals surface area contributed by atoms with E-state index in [1.807, 2.05) is 7.05 Å². The summed E-state index contributed by atoms with van der Waals surface area (Å²) in [6.07, 6.45) is 2.44. The summed E-state index contributed by atoms with van der Waals surface area (Å²) < 4.78 is 21.4. The lowest BCUT2D eigenvalue weighted by molar-refractivity contribution is -0.131. The van der Waals surface area contributed by atoms with Gasteiger partial charge in [-0.1, -0.05) is 13.8 Å². The third-order valence-corrected chi connectivity index (χ3v) is 2.91. The van der Waals surface area contributed by atoms with Crippen molar-refractivity contribution in [1.82, 2.24) is 4.90 Å². The fourth-order valence-electron chi connectivity index (χ4n) is 1.72. The van der Waals surface area contributed by atoms with Gasteiger partial charge in [0, 0.05) is 20.2 Å². The largest absolute Gasteiger partial charge is 0.379 e. The van der Waals surface area contributed by atoms with Crippen LogP contribution in [0.2, 0.25) is 0 Å². The van der Waals surface area contributed by atoms with Crippen molar-refractivity contribution in [3.05, 3.63) is 0 Å². The van der Waals surface area contributed by atoms with Crippen LogP contribution in [0.5, 0.6) is 0 Å². The molecule has 132 valence electrons. The highest BCUT2D eigenvalue weighted by atomic mass is 16.6. The Morgan fingerprint density at radius 3 is 1.64 bits per heavy atom. The van der Waals surface area contributed by atoms with Gasteiger partial charge in [0.15, 0.2) is 0 Å². The molecule has 0 aliphatic rings. The van der Waals surface area contributed by atoms with Crippen LogP contribution in [-0.4, -0.2) is 77.3 Å². The lowest BCUT2D eigenvalue weighted by Gasteiger charge is -2.15. The lowest BCUT2D eigenvalue weighted by Crippen LogP contribution is -2.28. The molecular formula is C16H33NO5. The summed E-state index contributed by atoms with van der Waals surface area (Å²) in [6, 6.07) is 0. The van der Waals surface area contributed by atoms with E-state index in [0.717, 1.165) is 26.0 Å². The maximum Gasteiger partial charge on any atom is 0.224 e. The minimum atomic E-state index is 0.126. The summed E-state index contributed by atoms with van der Waals surface area (Å²) in [5.74, 6) is 0.126. The van der Waals surface area contributed by atoms with E-state index in [-0.39, 0.29) is 5.91 Å². The van der Waals surface area contributed by atoms with Crippen LogP contribution in [0.3, 0.4) is 0 Å². The molecule has 0 aromatic rings. The molecule has 0 heterocycles.